The van der Waals surface area contributed by atoms with Crippen LogP contribution in [-0.4, -0.2) is 27.2 Å². The second-order valence-electron chi connectivity index (χ2n) is 7.29. The van der Waals surface area contributed by atoms with Crippen molar-refractivity contribution in [2.45, 2.75) is 32.0 Å². The Morgan fingerprint density at radius 1 is 1.24 bits per heavy atom. The number of allylic oxidation sites excluding steroid dienone is 3. The van der Waals surface area contributed by atoms with Crippen LogP contribution in [0.2, 0.25) is 0 Å². The first-order valence-corrected chi connectivity index (χ1v) is 9.48. The Bertz CT molecular complexity index is 1050. The Balaban J connectivity index is 1.37. The molecule has 3 aromatic heterocycles. The van der Waals surface area contributed by atoms with E-state index in [1.54, 1.807) is 12.3 Å². The summed E-state index contributed by atoms with van der Waals surface area (Å²) >= 11 is 0. The number of alkyl halides is 3. The van der Waals surface area contributed by atoms with Gasteiger partial charge in [0, 0.05) is 42.4 Å². The van der Waals surface area contributed by atoms with E-state index in [-0.39, 0.29) is 12.0 Å². The number of anilines is 1. The molecule has 0 fully saturated rings. The molecule has 0 spiro atoms. The van der Waals surface area contributed by atoms with Crippen LogP contribution >= 0.6 is 0 Å². The highest BCUT2D eigenvalue weighted by Crippen LogP contribution is 2.32. The van der Waals surface area contributed by atoms with Gasteiger partial charge < -0.3 is 10.3 Å². The molecule has 3 aromatic rings. The highest BCUT2D eigenvalue weighted by atomic mass is 19.4. The van der Waals surface area contributed by atoms with Gasteiger partial charge in [0.15, 0.2) is 0 Å². The second-order valence-corrected chi connectivity index (χ2v) is 7.29. The van der Waals surface area contributed by atoms with Crippen molar-refractivity contribution in [2.75, 3.05) is 5.32 Å². The lowest BCUT2D eigenvalue weighted by Gasteiger charge is -2.25. The molecule has 0 bridgehead atoms. The van der Waals surface area contributed by atoms with Crippen LogP contribution < -0.4 is 5.32 Å². The summed E-state index contributed by atoms with van der Waals surface area (Å²) in [7, 11) is 0. The van der Waals surface area contributed by atoms with E-state index in [1.807, 2.05) is 43.6 Å². The molecule has 29 heavy (non-hydrogen) atoms. The molecule has 0 saturated heterocycles. The van der Waals surface area contributed by atoms with Crippen LogP contribution in [0.1, 0.15) is 24.5 Å². The smallest absolute Gasteiger partial charge is 0.367 e. The zero-order chi connectivity index (χ0) is 20.4. The Morgan fingerprint density at radius 3 is 2.79 bits per heavy atom. The van der Waals surface area contributed by atoms with Gasteiger partial charge in [-0.25, -0.2) is 9.97 Å². The maximum Gasteiger partial charge on any atom is 0.416 e. The van der Waals surface area contributed by atoms with E-state index < -0.39 is 11.7 Å². The maximum atomic E-state index is 12.7. The highest BCUT2D eigenvalue weighted by molar-refractivity contribution is 5.79. The molecule has 0 radical (unpaired) electrons. The Kier molecular flexibility index (Phi) is 5.13. The first-order valence-electron chi connectivity index (χ1n) is 9.48. The van der Waals surface area contributed by atoms with Crippen molar-refractivity contribution in [3.05, 3.63) is 77.8 Å². The molecule has 2 N–H and O–H groups in total. The summed E-state index contributed by atoms with van der Waals surface area (Å²) in [6, 6.07) is 7.84. The SMILES string of the molecule is CC(Nc1ccc(Cc2c[nH]c3ncccc23)cn1)C1C=CC(C(F)(F)F)=CC1. The van der Waals surface area contributed by atoms with Crippen molar-refractivity contribution < 1.29 is 13.2 Å². The van der Waals surface area contributed by atoms with Gasteiger partial charge >= 0.3 is 6.18 Å². The summed E-state index contributed by atoms with van der Waals surface area (Å²) in [5.41, 5.74) is 2.52. The number of halogens is 3. The number of H-pyrrole nitrogens is 1. The van der Waals surface area contributed by atoms with Gasteiger partial charge in [0.1, 0.15) is 11.5 Å². The minimum absolute atomic E-state index is 0.0127. The van der Waals surface area contributed by atoms with Crippen molar-refractivity contribution in [2.24, 2.45) is 5.92 Å². The van der Waals surface area contributed by atoms with Crippen LogP contribution in [0.5, 0.6) is 0 Å². The van der Waals surface area contributed by atoms with Gasteiger partial charge in [-0.2, -0.15) is 13.2 Å². The number of nitrogens with zero attached hydrogens (tertiary/aromatic N) is 2. The molecule has 0 saturated carbocycles. The van der Waals surface area contributed by atoms with Gasteiger partial charge in [-0.1, -0.05) is 24.3 Å². The second kappa shape index (κ2) is 7.73. The van der Waals surface area contributed by atoms with E-state index in [1.165, 1.54) is 12.2 Å². The molecule has 2 unspecified atom stereocenters. The van der Waals surface area contributed by atoms with Gasteiger partial charge in [0.25, 0.3) is 0 Å². The summed E-state index contributed by atoms with van der Waals surface area (Å²) in [5, 5.41) is 4.39. The van der Waals surface area contributed by atoms with Gasteiger partial charge in [-0.05, 0) is 42.7 Å². The van der Waals surface area contributed by atoms with Crippen LogP contribution in [0.25, 0.3) is 11.0 Å². The van der Waals surface area contributed by atoms with Gasteiger partial charge in [-0.15, -0.1) is 0 Å². The van der Waals surface area contributed by atoms with Gasteiger partial charge in [0.2, 0.25) is 0 Å². The molecule has 3 heterocycles. The molecule has 0 amide bonds. The van der Waals surface area contributed by atoms with E-state index in [4.69, 9.17) is 0 Å². The van der Waals surface area contributed by atoms with Gasteiger partial charge in [-0.3, -0.25) is 0 Å². The minimum Gasteiger partial charge on any atom is -0.367 e. The summed E-state index contributed by atoms with van der Waals surface area (Å²) < 4.78 is 38.2. The number of fused-ring (bicyclic) bond motifs is 1. The van der Waals surface area contributed by atoms with Crippen LogP contribution in [0, 0.1) is 5.92 Å². The van der Waals surface area contributed by atoms with E-state index in [0.717, 1.165) is 28.6 Å². The first-order chi connectivity index (χ1) is 13.9. The van der Waals surface area contributed by atoms with Crippen molar-refractivity contribution >= 4 is 16.9 Å². The molecule has 1 aliphatic carbocycles. The average Bonchev–Trinajstić information content (AvgIpc) is 3.12. The number of rotatable bonds is 5. The number of hydrogen-bond acceptors (Lipinski definition) is 3. The van der Waals surface area contributed by atoms with Crippen molar-refractivity contribution in [1.29, 1.82) is 0 Å². The lowest BCUT2D eigenvalue weighted by Crippen LogP contribution is -2.26. The molecule has 7 heteroatoms. The third-order valence-electron chi connectivity index (χ3n) is 5.23. The molecular formula is C22H21F3N4. The Labute approximate surface area is 166 Å². The minimum atomic E-state index is -4.28. The largest absolute Gasteiger partial charge is 0.416 e. The van der Waals surface area contributed by atoms with Crippen molar-refractivity contribution in [3.63, 3.8) is 0 Å². The molecular weight excluding hydrogens is 377 g/mol. The normalized spacial score (nSPS) is 17.9. The zero-order valence-corrected chi connectivity index (χ0v) is 15.9. The fraction of sp³-hybridized carbons (Fsp3) is 0.273. The molecule has 0 aliphatic heterocycles. The molecule has 4 nitrogen and oxygen atoms in total. The van der Waals surface area contributed by atoms with Crippen LogP contribution in [0.15, 0.2) is 66.7 Å². The Morgan fingerprint density at radius 2 is 2.10 bits per heavy atom. The molecule has 150 valence electrons. The van der Waals surface area contributed by atoms with Crippen LogP contribution in [0.4, 0.5) is 19.0 Å². The van der Waals surface area contributed by atoms with E-state index in [9.17, 15) is 13.2 Å². The standard InChI is InChI=1S/C22H21F3N4/c1-14(16-5-7-18(8-6-16)22(23,24)25)29-20-9-4-15(12-27-20)11-17-13-28-21-19(17)3-2-10-26-21/h2-5,7-10,12-14,16H,6,11H2,1H3,(H,26,28)(H,27,29). The van der Waals surface area contributed by atoms with E-state index in [0.29, 0.717) is 12.2 Å². The number of pyridine rings is 2. The predicted molar refractivity (Wildman–Crippen MR) is 108 cm³/mol. The lowest BCUT2D eigenvalue weighted by molar-refractivity contribution is -0.0887. The Hall–Kier alpha value is -3.09. The van der Waals surface area contributed by atoms with E-state index >= 15 is 0 Å². The van der Waals surface area contributed by atoms with Crippen LogP contribution in [-0.2, 0) is 6.42 Å². The van der Waals surface area contributed by atoms with Gasteiger partial charge in [0.05, 0.1) is 5.57 Å². The molecule has 4 rings (SSSR count). The summed E-state index contributed by atoms with van der Waals surface area (Å²) in [6.07, 6.45) is 6.40. The topological polar surface area (TPSA) is 53.6 Å². The van der Waals surface area contributed by atoms with Crippen LogP contribution in [0.3, 0.4) is 0 Å². The van der Waals surface area contributed by atoms with Crippen molar-refractivity contribution in [3.8, 4) is 0 Å². The summed E-state index contributed by atoms with van der Waals surface area (Å²) in [4.78, 5) is 11.9. The zero-order valence-electron chi connectivity index (χ0n) is 15.9. The van der Waals surface area contributed by atoms with Crippen molar-refractivity contribution in [1.82, 2.24) is 15.0 Å². The van der Waals surface area contributed by atoms with E-state index in [2.05, 4.69) is 20.3 Å². The lowest BCUT2D eigenvalue weighted by atomic mass is 9.91. The summed E-state index contributed by atoms with van der Waals surface area (Å²) in [6.45, 7) is 1.95. The summed E-state index contributed by atoms with van der Waals surface area (Å²) in [5.74, 6) is 0.696. The number of hydrogen-bond donors (Lipinski definition) is 2. The molecule has 1 aliphatic rings. The third kappa shape index (κ3) is 4.34. The molecule has 0 aromatic carbocycles. The maximum absolute atomic E-state index is 12.7. The number of nitrogens with one attached hydrogen (secondary N) is 2. The fourth-order valence-electron chi connectivity index (χ4n) is 3.55. The molecule has 2 atom stereocenters. The number of aromatic amines is 1. The third-order valence-corrected chi connectivity index (χ3v) is 5.23. The quantitative estimate of drug-likeness (QED) is 0.604. The first kappa shape index (κ1) is 19.2. The number of aromatic nitrogens is 3. The average molecular weight is 398 g/mol. The predicted octanol–water partition coefficient (Wildman–Crippen LogP) is 5.41. The highest BCUT2D eigenvalue weighted by Gasteiger charge is 2.33. The monoisotopic (exact) mass is 398 g/mol. The fourth-order valence-corrected chi connectivity index (χ4v) is 3.55.